The second kappa shape index (κ2) is 9.44. The maximum Gasteiger partial charge on any atom is 0.414 e. The Morgan fingerprint density at radius 1 is 1.11 bits per heavy atom. The van der Waals surface area contributed by atoms with E-state index < -0.39 is 12.1 Å². The lowest BCUT2D eigenvalue weighted by Crippen LogP contribution is -2.59. The van der Waals surface area contributed by atoms with Crippen molar-refractivity contribution < 1.29 is 28.6 Å². The number of ether oxygens (including phenoxy) is 1. The number of furan rings is 1. The van der Waals surface area contributed by atoms with Gasteiger partial charge in [-0.2, -0.15) is 0 Å². The molecule has 0 radical (unpaired) electrons. The highest BCUT2D eigenvalue weighted by Crippen LogP contribution is 2.52. The van der Waals surface area contributed by atoms with Crippen LogP contribution < -0.4 is 4.90 Å². The zero-order valence-corrected chi connectivity index (χ0v) is 19.6. The van der Waals surface area contributed by atoms with Crippen LogP contribution in [0.4, 0.5) is 10.5 Å². The van der Waals surface area contributed by atoms with Crippen molar-refractivity contribution in [3.05, 3.63) is 65.9 Å². The summed E-state index contributed by atoms with van der Waals surface area (Å²) in [6.07, 6.45) is 2.70. The molecular formula is C27H28N2O6. The van der Waals surface area contributed by atoms with Crippen molar-refractivity contribution in [3.63, 3.8) is 0 Å². The lowest BCUT2D eigenvalue weighted by Gasteiger charge is -2.54. The first-order valence-corrected chi connectivity index (χ1v) is 12.0. The van der Waals surface area contributed by atoms with Crippen LogP contribution in [0.5, 0.6) is 0 Å². The lowest BCUT2D eigenvalue weighted by atomic mass is 9.68. The number of benzene rings is 2. The lowest BCUT2D eigenvalue weighted by molar-refractivity contribution is -0.142. The second-order valence-electron chi connectivity index (χ2n) is 9.10. The molecule has 3 unspecified atom stereocenters. The predicted octanol–water partition coefficient (Wildman–Crippen LogP) is 5.12. The summed E-state index contributed by atoms with van der Waals surface area (Å²) >= 11 is 0. The second-order valence-corrected chi connectivity index (χ2v) is 9.10. The molecule has 2 heterocycles. The van der Waals surface area contributed by atoms with Crippen molar-refractivity contribution >= 4 is 34.6 Å². The van der Waals surface area contributed by atoms with Gasteiger partial charge in [0.05, 0.1) is 24.4 Å². The number of carboxylic acid groups (broad SMARTS) is 1. The molecule has 0 spiro atoms. The molecule has 1 aromatic heterocycles. The Balaban J connectivity index is 1.38. The van der Waals surface area contributed by atoms with E-state index in [1.807, 2.05) is 55.5 Å². The smallest absolute Gasteiger partial charge is 0.414 e. The number of hydrogen-bond acceptors (Lipinski definition) is 5. The monoisotopic (exact) mass is 476 g/mol. The van der Waals surface area contributed by atoms with Crippen LogP contribution in [0.2, 0.25) is 0 Å². The van der Waals surface area contributed by atoms with E-state index in [1.54, 1.807) is 16.1 Å². The number of nitrogens with zero attached hydrogens (tertiary/aromatic N) is 2. The number of rotatable bonds is 7. The quantitative estimate of drug-likeness (QED) is 0.508. The fourth-order valence-corrected chi connectivity index (χ4v) is 5.40. The first-order valence-electron chi connectivity index (χ1n) is 12.0. The largest absolute Gasteiger partial charge is 0.481 e. The number of carbonyl (C=O) groups excluding carboxylic acids is 2. The molecule has 1 fully saturated rings. The zero-order valence-electron chi connectivity index (χ0n) is 19.6. The summed E-state index contributed by atoms with van der Waals surface area (Å²) in [6.45, 7) is 2.53. The summed E-state index contributed by atoms with van der Waals surface area (Å²) in [6, 6.07) is 14.9. The SMILES string of the molecule is CCN(C(=O)CCC(=O)O)C1c2ccccc2N(C(=O)OCc2ccc3occc3c2)C2CCC12. The van der Waals surface area contributed by atoms with Crippen LogP contribution in [-0.2, 0) is 20.9 Å². The van der Waals surface area contributed by atoms with E-state index in [-0.39, 0.29) is 43.4 Å². The van der Waals surface area contributed by atoms with E-state index >= 15 is 0 Å². The van der Waals surface area contributed by atoms with Gasteiger partial charge in [0.15, 0.2) is 0 Å². The summed E-state index contributed by atoms with van der Waals surface area (Å²) in [5.41, 5.74) is 3.31. The van der Waals surface area contributed by atoms with Gasteiger partial charge in [0.2, 0.25) is 5.91 Å². The van der Waals surface area contributed by atoms with Crippen LogP contribution in [0.25, 0.3) is 11.0 Å². The van der Waals surface area contributed by atoms with Crippen LogP contribution in [0.15, 0.2) is 59.2 Å². The molecule has 1 saturated carbocycles. The molecule has 35 heavy (non-hydrogen) atoms. The Morgan fingerprint density at radius 3 is 2.69 bits per heavy atom. The highest BCUT2D eigenvalue weighted by atomic mass is 16.6. The summed E-state index contributed by atoms with van der Waals surface area (Å²) in [4.78, 5) is 40.8. The highest BCUT2D eigenvalue weighted by Gasteiger charge is 2.51. The van der Waals surface area contributed by atoms with E-state index in [9.17, 15) is 14.4 Å². The van der Waals surface area contributed by atoms with Crippen molar-refractivity contribution in [2.75, 3.05) is 11.4 Å². The van der Waals surface area contributed by atoms with Crippen molar-refractivity contribution in [1.82, 2.24) is 4.90 Å². The summed E-state index contributed by atoms with van der Waals surface area (Å²) in [5.74, 6) is -1.08. The average Bonchev–Trinajstić information content (AvgIpc) is 3.31. The standard InChI is InChI=1S/C27H28N2O6/c1-2-28(24(30)11-12-25(31)32)26-19-5-3-4-6-21(19)29(22-9-8-20(22)26)27(33)35-16-17-7-10-23-18(15-17)13-14-34-23/h3-7,10,13-15,20,22,26H,2,8-9,11-12,16H2,1H3,(H,31,32). The minimum Gasteiger partial charge on any atom is -0.481 e. The molecule has 1 aliphatic carbocycles. The van der Waals surface area contributed by atoms with Crippen LogP contribution in [-0.4, -0.2) is 40.6 Å². The molecular weight excluding hydrogens is 448 g/mol. The normalized spacial score (nSPS) is 20.5. The van der Waals surface area contributed by atoms with Crippen LogP contribution in [0.1, 0.15) is 49.8 Å². The first kappa shape index (κ1) is 23.0. The van der Waals surface area contributed by atoms with Gasteiger partial charge in [-0.3, -0.25) is 14.5 Å². The Morgan fingerprint density at radius 2 is 1.94 bits per heavy atom. The van der Waals surface area contributed by atoms with Gasteiger partial charge < -0.3 is 19.2 Å². The molecule has 1 N–H and O–H groups in total. The van der Waals surface area contributed by atoms with E-state index in [0.717, 1.165) is 40.6 Å². The van der Waals surface area contributed by atoms with Gasteiger partial charge in [0.1, 0.15) is 12.2 Å². The van der Waals surface area contributed by atoms with Crippen LogP contribution >= 0.6 is 0 Å². The first-order chi connectivity index (χ1) is 17.0. The van der Waals surface area contributed by atoms with Gasteiger partial charge in [-0.25, -0.2) is 4.79 Å². The Bertz CT molecular complexity index is 1270. The minimum atomic E-state index is -0.985. The summed E-state index contributed by atoms with van der Waals surface area (Å²) < 4.78 is 11.1. The molecule has 5 rings (SSSR count). The van der Waals surface area contributed by atoms with Crippen molar-refractivity contribution in [2.45, 2.75) is 51.3 Å². The van der Waals surface area contributed by atoms with Crippen molar-refractivity contribution in [2.24, 2.45) is 5.92 Å². The third-order valence-corrected chi connectivity index (χ3v) is 7.17. The number of carboxylic acids is 1. The average molecular weight is 477 g/mol. The fourth-order valence-electron chi connectivity index (χ4n) is 5.40. The summed E-state index contributed by atoms with van der Waals surface area (Å²) in [5, 5.41) is 9.98. The zero-order chi connectivity index (χ0) is 24.5. The molecule has 8 nitrogen and oxygen atoms in total. The van der Waals surface area contributed by atoms with Gasteiger partial charge in [-0.05, 0) is 55.2 Å². The minimum absolute atomic E-state index is 0.0357. The topological polar surface area (TPSA) is 100 Å². The van der Waals surface area contributed by atoms with E-state index in [0.29, 0.717) is 6.54 Å². The van der Waals surface area contributed by atoms with E-state index in [2.05, 4.69) is 0 Å². The van der Waals surface area contributed by atoms with E-state index in [4.69, 9.17) is 14.3 Å². The summed E-state index contributed by atoms with van der Waals surface area (Å²) in [7, 11) is 0. The van der Waals surface area contributed by atoms with Crippen molar-refractivity contribution in [3.8, 4) is 0 Å². The number of para-hydroxylation sites is 1. The maximum absolute atomic E-state index is 13.3. The number of amides is 2. The molecule has 2 aliphatic rings. The third-order valence-electron chi connectivity index (χ3n) is 7.17. The number of anilines is 1. The van der Waals surface area contributed by atoms with Crippen molar-refractivity contribution in [1.29, 1.82) is 0 Å². The Hall–Kier alpha value is -3.81. The van der Waals surface area contributed by atoms with Crippen LogP contribution in [0, 0.1) is 5.92 Å². The third kappa shape index (κ3) is 4.24. The van der Waals surface area contributed by atoms with Gasteiger partial charge in [0.25, 0.3) is 0 Å². The maximum atomic E-state index is 13.3. The Labute approximate surface area is 203 Å². The highest BCUT2D eigenvalue weighted by molar-refractivity contribution is 5.91. The molecule has 1 aliphatic heterocycles. The molecule has 3 atom stereocenters. The number of aliphatic carboxylic acids is 1. The van der Waals surface area contributed by atoms with Crippen LogP contribution in [0.3, 0.4) is 0 Å². The van der Waals surface area contributed by atoms with Gasteiger partial charge in [-0.15, -0.1) is 0 Å². The molecule has 8 heteroatoms. The molecule has 3 aromatic rings. The van der Waals surface area contributed by atoms with Gasteiger partial charge in [0, 0.05) is 30.3 Å². The fraction of sp³-hybridized carbons (Fsp3) is 0.370. The predicted molar refractivity (Wildman–Crippen MR) is 129 cm³/mol. The number of fused-ring (bicyclic) bond motifs is 3. The molecule has 2 amide bonds. The van der Waals surface area contributed by atoms with E-state index in [1.165, 1.54) is 0 Å². The molecule has 2 aromatic carbocycles. The molecule has 0 bridgehead atoms. The molecule has 0 saturated heterocycles. The molecule has 182 valence electrons. The van der Waals surface area contributed by atoms with Gasteiger partial charge >= 0.3 is 12.1 Å². The van der Waals surface area contributed by atoms with Gasteiger partial charge in [-0.1, -0.05) is 24.3 Å². The number of hydrogen-bond donors (Lipinski definition) is 1. The number of carbonyl (C=O) groups is 3. The Kier molecular flexibility index (Phi) is 6.19.